The quantitative estimate of drug-likeness (QED) is 0.754. The van der Waals surface area contributed by atoms with Crippen LogP contribution in [-0.4, -0.2) is 35.6 Å². The summed E-state index contributed by atoms with van der Waals surface area (Å²) in [5.41, 5.74) is 6.76. The van der Waals surface area contributed by atoms with Crippen LogP contribution in [0.1, 0.15) is 25.0 Å². The van der Waals surface area contributed by atoms with E-state index in [9.17, 15) is 0 Å². The van der Waals surface area contributed by atoms with Crippen LogP contribution in [0.25, 0.3) is 0 Å². The molecule has 1 heterocycles. The van der Waals surface area contributed by atoms with Crippen LogP contribution in [0.4, 0.5) is 0 Å². The summed E-state index contributed by atoms with van der Waals surface area (Å²) in [5, 5.41) is 0. The van der Waals surface area contributed by atoms with Gasteiger partial charge in [0.05, 0.1) is 0 Å². The van der Waals surface area contributed by atoms with Crippen molar-refractivity contribution >= 4 is 0 Å². The van der Waals surface area contributed by atoms with Crippen LogP contribution in [-0.2, 0) is 6.42 Å². The van der Waals surface area contributed by atoms with Crippen molar-refractivity contribution in [2.24, 2.45) is 5.73 Å². The maximum Gasteiger partial charge on any atom is 0.0416 e. The molecule has 0 atom stereocenters. The minimum atomic E-state index is 0.798. The fourth-order valence-electron chi connectivity index (χ4n) is 2.02. The third-order valence-electron chi connectivity index (χ3n) is 3.09. The van der Waals surface area contributed by atoms with Gasteiger partial charge in [0.25, 0.3) is 0 Å². The van der Waals surface area contributed by atoms with E-state index < -0.39 is 0 Å². The molecule has 0 bridgehead atoms. The van der Waals surface area contributed by atoms with Crippen molar-refractivity contribution in [3.05, 3.63) is 30.1 Å². The van der Waals surface area contributed by atoms with Gasteiger partial charge in [-0.15, -0.1) is 0 Å². The Bertz CT molecular complexity index is 295. The average Bonchev–Trinajstić information content (AvgIpc) is 3.15. The highest BCUT2D eigenvalue weighted by atomic mass is 15.2. The molecule has 1 aromatic heterocycles. The fourth-order valence-corrected chi connectivity index (χ4v) is 2.02. The van der Waals surface area contributed by atoms with E-state index in [4.69, 9.17) is 5.73 Å². The molecule has 0 saturated heterocycles. The summed E-state index contributed by atoms with van der Waals surface area (Å²) >= 11 is 0. The van der Waals surface area contributed by atoms with Crippen LogP contribution in [0.5, 0.6) is 0 Å². The van der Waals surface area contributed by atoms with Gasteiger partial charge in [0.1, 0.15) is 0 Å². The number of pyridine rings is 1. The second-order valence-electron chi connectivity index (χ2n) is 4.48. The van der Waals surface area contributed by atoms with E-state index in [1.165, 1.54) is 18.5 Å². The molecule has 88 valence electrons. The van der Waals surface area contributed by atoms with Crippen LogP contribution >= 0.6 is 0 Å². The van der Waals surface area contributed by atoms with E-state index in [2.05, 4.69) is 22.0 Å². The third-order valence-corrected chi connectivity index (χ3v) is 3.09. The number of hydrogen-bond donors (Lipinski definition) is 1. The number of nitrogens with zero attached hydrogens (tertiary/aromatic N) is 2. The van der Waals surface area contributed by atoms with Gasteiger partial charge in [0.2, 0.25) is 0 Å². The fraction of sp³-hybridized carbons (Fsp3) is 0.615. The molecule has 0 radical (unpaired) electrons. The molecule has 2 rings (SSSR count). The van der Waals surface area contributed by atoms with Gasteiger partial charge in [0, 0.05) is 30.9 Å². The van der Waals surface area contributed by atoms with E-state index >= 15 is 0 Å². The molecular weight excluding hydrogens is 198 g/mol. The van der Waals surface area contributed by atoms with Crippen molar-refractivity contribution < 1.29 is 0 Å². The summed E-state index contributed by atoms with van der Waals surface area (Å²) in [5.74, 6) is 0. The smallest absolute Gasteiger partial charge is 0.0416 e. The summed E-state index contributed by atoms with van der Waals surface area (Å²) in [6.45, 7) is 3.07. The summed E-state index contributed by atoms with van der Waals surface area (Å²) < 4.78 is 0. The van der Waals surface area contributed by atoms with Crippen molar-refractivity contribution in [1.29, 1.82) is 0 Å². The highest BCUT2D eigenvalue weighted by molar-refractivity contribution is 5.04. The lowest BCUT2D eigenvalue weighted by atomic mass is 10.2. The monoisotopic (exact) mass is 219 g/mol. The maximum absolute atomic E-state index is 5.57. The van der Waals surface area contributed by atoms with E-state index in [1.54, 1.807) is 0 Å². The molecule has 1 aliphatic rings. The average molecular weight is 219 g/mol. The van der Waals surface area contributed by atoms with Crippen molar-refractivity contribution in [1.82, 2.24) is 9.88 Å². The molecule has 0 aromatic carbocycles. The Morgan fingerprint density at radius 1 is 1.31 bits per heavy atom. The lowest BCUT2D eigenvalue weighted by Crippen LogP contribution is -2.30. The van der Waals surface area contributed by atoms with Gasteiger partial charge >= 0.3 is 0 Å². The van der Waals surface area contributed by atoms with Gasteiger partial charge in [-0.05, 0) is 44.5 Å². The topological polar surface area (TPSA) is 42.1 Å². The first kappa shape index (κ1) is 11.6. The van der Waals surface area contributed by atoms with Crippen LogP contribution in [0.3, 0.4) is 0 Å². The van der Waals surface area contributed by atoms with Crippen molar-refractivity contribution in [2.45, 2.75) is 31.7 Å². The SMILES string of the molecule is NCCCN(CCc1ccccn1)C1CC1. The van der Waals surface area contributed by atoms with Crippen LogP contribution < -0.4 is 5.73 Å². The first-order valence-electron chi connectivity index (χ1n) is 6.24. The molecule has 0 aliphatic heterocycles. The Balaban J connectivity index is 1.77. The largest absolute Gasteiger partial charge is 0.330 e. The van der Waals surface area contributed by atoms with Crippen LogP contribution in [0.15, 0.2) is 24.4 Å². The van der Waals surface area contributed by atoms with Crippen molar-refractivity contribution in [3.8, 4) is 0 Å². The van der Waals surface area contributed by atoms with Crippen LogP contribution in [0.2, 0.25) is 0 Å². The Labute approximate surface area is 97.7 Å². The molecule has 0 amide bonds. The Kier molecular flexibility index (Phi) is 4.31. The van der Waals surface area contributed by atoms with Crippen LogP contribution in [0, 0.1) is 0 Å². The lowest BCUT2D eigenvalue weighted by molar-refractivity contribution is 0.264. The second kappa shape index (κ2) is 5.97. The van der Waals surface area contributed by atoms with Crippen molar-refractivity contribution in [2.75, 3.05) is 19.6 Å². The standard InChI is InChI=1S/C13H21N3/c14-8-3-10-16(13-5-6-13)11-7-12-4-1-2-9-15-12/h1-2,4,9,13H,3,5-8,10-11,14H2. The van der Waals surface area contributed by atoms with E-state index in [-0.39, 0.29) is 0 Å². The summed E-state index contributed by atoms with van der Waals surface area (Å²) in [4.78, 5) is 6.93. The van der Waals surface area contributed by atoms with Gasteiger partial charge in [-0.1, -0.05) is 6.07 Å². The van der Waals surface area contributed by atoms with E-state index in [0.717, 1.165) is 38.5 Å². The van der Waals surface area contributed by atoms with Gasteiger partial charge in [-0.25, -0.2) is 0 Å². The predicted molar refractivity (Wildman–Crippen MR) is 66.2 cm³/mol. The Morgan fingerprint density at radius 3 is 2.81 bits per heavy atom. The first-order valence-corrected chi connectivity index (χ1v) is 6.24. The second-order valence-corrected chi connectivity index (χ2v) is 4.48. The normalized spacial score (nSPS) is 15.6. The third kappa shape index (κ3) is 3.58. The zero-order chi connectivity index (χ0) is 11.2. The number of aromatic nitrogens is 1. The van der Waals surface area contributed by atoms with Crippen molar-refractivity contribution in [3.63, 3.8) is 0 Å². The minimum Gasteiger partial charge on any atom is -0.330 e. The van der Waals surface area contributed by atoms with Gasteiger partial charge in [0.15, 0.2) is 0 Å². The molecule has 0 unspecified atom stereocenters. The van der Waals surface area contributed by atoms with Gasteiger partial charge in [-0.2, -0.15) is 0 Å². The lowest BCUT2D eigenvalue weighted by Gasteiger charge is -2.21. The van der Waals surface area contributed by atoms with E-state index in [0.29, 0.717) is 0 Å². The maximum atomic E-state index is 5.57. The molecule has 3 nitrogen and oxygen atoms in total. The molecule has 3 heteroatoms. The highest BCUT2D eigenvalue weighted by Gasteiger charge is 2.27. The van der Waals surface area contributed by atoms with Gasteiger partial charge in [-0.3, -0.25) is 9.88 Å². The first-order chi connectivity index (χ1) is 7.90. The van der Waals surface area contributed by atoms with E-state index in [1.807, 2.05) is 12.3 Å². The summed E-state index contributed by atoms with van der Waals surface area (Å²) in [6.07, 6.45) is 6.77. The Morgan fingerprint density at radius 2 is 2.19 bits per heavy atom. The molecule has 1 aliphatic carbocycles. The number of rotatable bonds is 7. The highest BCUT2D eigenvalue weighted by Crippen LogP contribution is 2.26. The zero-order valence-electron chi connectivity index (χ0n) is 9.81. The minimum absolute atomic E-state index is 0.798. The molecule has 0 spiro atoms. The molecule has 1 saturated carbocycles. The molecule has 2 N–H and O–H groups in total. The predicted octanol–water partition coefficient (Wildman–Crippen LogP) is 1.44. The summed E-state index contributed by atoms with van der Waals surface area (Å²) in [7, 11) is 0. The molecule has 1 aromatic rings. The number of hydrogen-bond acceptors (Lipinski definition) is 3. The molecule has 1 fully saturated rings. The number of nitrogens with two attached hydrogens (primary N) is 1. The zero-order valence-corrected chi connectivity index (χ0v) is 9.81. The summed E-state index contributed by atoms with van der Waals surface area (Å²) in [6, 6.07) is 6.96. The molecule has 16 heavy (non-hydrogen) atoms. The van der Waals surface area contributed by atoms with Gasteiger partial charge < -0.3 is 5.73 Å². The Hall–Kier alpha value is -0.930. The molecular formula is C13H21N3.